The van der Waals surface area contributed by atoms with E-state index in [1.54, 1.807) is 6.20 Å². The van der Waals surface area contributed by atoms with Crippen molar-refractivity contribution in [1.29, 1.82) is 0 Å². The zero-order chi connectivity index (χ0) is 12.5. The van der Waals surface area contributed by atoms with Crippen molar-refractivity contribution in [2.45, 2.75) is 12.5 Å². The van der Waals surface area contributed by atoms with Gasteiger partial charge >= 0.3 is 0 Å². The first-order valence-electron chi connectivity index (χ1n) is 5.72. The van der Waals surface area contributed by atoms with Crippen LogP contribution in [0.5, 0.6) is 5.75 Å². The van der Waals surface area contributed by atoms with Gasteiger partial charge in [-0.05, 0) is 27.6 Å². The Hall–Kier alpha value is -1.62. The lowest BCUT2D eigenvalue weighted by Gasteiger charge is -2.11. The van der Waals surface area contributed by atoms with Gasteiger partial charge in [-0.3, -0.25) is 0 Å². The molecule has 0 saturated heterocycles. The van der Waals surface area contributed by atoms with Gasteiger partial charge in [-0.2, -0.15) is 0 Å². The van der Waals surface area contributed by atoms with E-state index in [2.05, 4.69) is 37.3 Å². The number of halogens is 1. The van der Waals surface area contributed by atoms with Crippen molar-refractivity contribution in [2.75, 3.05) is 12.4 Å². The first-order valence-corrected chi connectivity index (χ1v) is 6.52. The van der Waals surface area contributed by atoms with E-state index in [-0.39, 0.29) is 6.10 Å². The lowest BCUT2D eigenvalue weighted by molar-refractivity contribution is 0.227. The Morgan fingerprint density at radius 3 is 3.00 bits per heavy atom. The molecule has 2 aromatic rings. The van der Waals surface area contributed by atoms with Crippen LogP contribution in [0, 0.1) is 0 Å². The highest BCUT2D eigenvalue weighted by molar-refractivity contribution is 9.10. The standard InChI is InChI=1S/C13H12BrN3O/c1-15-12-9(14)7-16-13(17-12)11-6-8-4-2-3-5-10(8)18-11/h2-5,7,11H,6H2,1H3,(H,15,16,17). The Labute approximate surface area is 114 Å². The average Bonchev–Trinajstić information content (AvgIpc) is 2.83. The zero-order valence-electron chi connectivity index (χ0n) is 9.85. The highest BCUT2D eigenvalue weighted by Gasteiger charge is 2.26. The van der Waals surface area contributed by atoms with Crippen LogP contribution in [0.2, 0.25) is 0 Å². The van der Waals surface area contributed by atoms with Gasteiger partial charge in [0.25, 0.3) is 0 Å². The monoisotopic (exact) mass is 305 g/mol. The van der Waals surface area contributed by atoms with Gasteiger partial charge in [0.2, 0.25) is 0 Å². The molecule has 0 bridgehead atoms. The van der Waals surface area contributed by atoms with Crippen LogP contribution in [0.1, 0.15) is 17.5 Å². The summed E-state index contributed by atoms with van der Waals surface area (Å²) < 4.78 is 6.72. The van der Waals surface area contributed by atoms with Gasteiger partial charge in [0.15, 0.2) is 11.9 Å². The van der Waals surface area contributed by atoms with Crippen molar-refractivity contribution in [3.63, 3.8) is 0 Å². The number of hydrogen-bond acceptors (Lipinski definition) is 4. The molecule has 1 aliphatic heterocycles. The molecule has 1 unspecified atom stereocenters. The normalized spacial score (nSPS) is 17.1. The van der Waals surface area contributed by atoms with Gasteiger partial charge in [0.05, 0.1) is 4.47 Å². The third-order valence-electron chi connectivity index (χ3n) is 2.93. The van der Waals surface area contributed by atoms with Gasteiger partial charge in [0.1, 0.15) is 11.6 Å². The van der Waals surface area contributed by atoms with E-state index in [0.717, 1.165) is 22.5 Å². The summed E-state index contributed by atoms with van der Waals surface area (Å²) in [5.74, 6) is 2.42. The third-order valence-corrected chi connectivity index (χ3v) is 3.51. The molecular weight excluding hydrogens is 294 g/mol. The number of hydrogen-bond donors (Lipinski definition) is 1. The van der Waals surface area contributed by atoms with Crippen molar-refractivity contribution in [1.82, 2.24) is 9.97 Å². The van der Waals surface area contributed by atoms with Crippen molar-refractivity contribution in [2.24, 2.45) is 0 Å². The number of rotatable bonds is 2. The Balaban J connectivity index is 1.90. The van der Waals surface area contributed by atoms with Crippen LogP contribution in [0.15, 0.2) is 34.9 Å². The summed E-state index contributed by atoms with van der Waals surface area (Å²) in [7, 11) is 1.83. The topological polar surface area (TPSA) is 47.0 Å². The molecule has 1 aliphatic rings. The molecule has 0 spiro atoms. The molecule has 1 aromatic carbocycles. The summed E-state index contributed by atoms with van der Waals surface area (Å²) in [6.45, 7) is 0. The van der Waals surface area contributed by atoms with E-state index in [1.807, 2.05) is 25.2 Å². The van der Waals surface area contributed by atoms with E-state index in [4.69, 9.17) is 4.74 Å². The third kappa shape index (κ3) is 1.95. The lowest BCUT2D eigenvalue weighted by Crippen LogP contribution is -2.10. The molecule has 0 amide bonds. The van der Waals surface area contributed by atoms with E-state index in [9.17, 15) is 0 Å². The quantitative estimate of drug-likeness (QED) is 0.926. The number of benzene rings is 1. The van der Waals surface area contributed by atoms with Gasteiger partial charge in [-0.25, -0.2) is 9.97 Å². The van der Waals surface area contributed by atoms with Crippen LogP contribution in [-0.4, -0.2) is 17.0 Å². The van der Waals surface area contributed by atoms with Gasteiger partial charge in [-0.15, -0.1) is 0 Å². The maximum atomic E-state index is 5.86. The number of ether oxygens (including phenoxy) is 1. The van der Waals surface area contributed by atoms with E-state index in [0.29, 0.717) is 5.82 Å². The summed E-state index contributed by atoms with van der Waals surface area (Å²) in [6.07, 6.45) is 2.48. The molecular formula is C13H12BrN3O. The Bertz CT molecular complexity index is 563. The highest BCUT2D eigenvalue weighted by Crippen LogP contribution is 2.35. The molecule has 5 heteroatoms. The molecule has 4 nitrogen and oxygen atoms in total. The van der Waals surface area contributed by atoms with Crippen LogP contribution in [0.3, 0.4) is 0 Å². The minimum absolute atomic E-state index is 0.0948. The lowest BCUT2D eigenvalue weighted by atomic mass is 10.1. The summed E-state index contributed by atoms with van der Waals surface area (Å²) >= 11 is 3.40. The minimum Gasteiger partial charge on any atom is -0.482 e. The molecule has 1 N–H and O–H groups in total. The molecule has 92 valence electrons. The van der Waals surface area contributed by atoms with Crippen molar-refractivity contribution < 1.29 is 4.74 Å². The molecule has 1 aromatic heterocycles. The fourth-order valence-electron chi connectivity index (χ4n) is 2.04. The summed E-state index contributed by atoms with van der Waals surface area (Å²) in [5, 5.41) is 3.03. The highest BCUT2D eigenvalue weighted by atomic mass is 79.9. The molecule has 2 heterocycles. The number of nitrogens with one attached hydrogen (secondary N) is 1. The average molecular weight is 306 g/mol. The van der Waals surface area contributed by atoms with E-state index in [1.165, 1.54) is 5.56 Å². The summed E-state index contributed by atoms with van der Waals surface area (Å²) in [4.78, 5) is 8.79. The van der Waals surface area contributed by atoms with Crippen LogP contribution in [-0.2, 0) is 6.42 Å². The fraction of sp³-hybridized carbons (Fsp3) is 0.231. The van der Waals surface area contributed by atoms with Crippen LogP contribution in [0.25, 0.3) is 0 Å². The first-order chi connectivity index (χ1) is 8.78. The van der Waals surface area contributed by atoms with E-state index >= 15 is 0 Å². The number of fused-ring (bicyclic) bond motifs is 1. The molecule has 0 aliphatic carbocycles. The van der Waals surface area contributed by atoms with Crippen molar-refractivity contribution >= 4 is 21.7 Å². The predicted octanol–water partition coefficient (Wildman–Crippen LogP) is 2.96. The van der Waals surface area contributed by atoms with Crippen LogP contribution in [0.4, 0.5) is 5.82 Å². The number of aromatic nitrogens is 2. The van der Waals surface area contributed by atoms with E-state index < -0.39 is 0 Å². The molecule has 18 heavy (non-hydrogen) atoms. The Morgan fingerprint density at radius 1 is 1.39 bits per heavy atom. The maximum Gasteiger partial charge on any atom is 0.171 e. The second-order valence-electron chi connectivity index (χ2n) is 4.09. The number of para-hydroxylation sites is 1. The zero-order valence-corrected chi connectivity index (χ0v) is 11.4. The van der Waals surface area contributed by atoms with Gasteiger partial charge < -0.3 is 10.1 Å². The van der Waals surface area contributed by atoms with Gasteiger partial charge in [-0.1, -0.05) is 18.2 Å². The second-order valence-corrected chi connectivity index (χ2v) is 4.95. The molecule has 0 saturated carbocycles. The Morgan fingerprint density at radius 2 is 2.22 bits per heavy atom. The van der Waals surface area contributed by atoms with Crippen LogP contribution < -0.4 is 10.1 Å². The predicted molar refractivity (Wildman–Crippen MR) is 72.8 cm³/mol. The van der Waals surface area contributed by atoms with Crippen molar-refractivity contribution in [3.8, 4) is 5.75 Å². The number of nitrogens with zero attached hydrogens (tertiary/aromatic N) is 2. The SMILES string of the molecule is CNc1nc(C2Cc3ccccc3O2)ncc1Br. The molecule has 3 rings (SSSR count). The summed E-state index contributed by atoms with van der Waals surface area (Å²) in [6, 6.07) is 8.05. The molecule has 0 radical (unpaired) electrons. The summed E-state index contributed by atoms with van der Waals surface area (Å²) in [5.41, 5.74) is 1.21. The maximum absolute atomic E-state index is 5.86. The molecule has 1 atom stereocenters. The van der Waals surface area contributed by atoms with Gasteiger partial charge in [0, 0.05) is 19.7 Å². The van der Waals surface area contributed by atoms with Crippen molar-refractivity contribution in [3.05, 3.63) is 46.3 Å². The largest absolute Gasteiger partial charge is 0.482 e. The fourth-order valence-corrected chi connectivity index (χ4v) is 2.43. The Kier molecular flexibility index (Phi) is 2.91. The molecule has 0 fully saturated rings. The first kappa shape index (κ1) is 11.5. The second kappa shape index (κ2) is 4.57. The smallest absolute Gasteiger partial charge is 0.171 e. The van der Waals surface area contributed by atoms with Crippen LogP contribution >= 0.6 is 15.9 Å². The number of anilines is 1. The minimum atomic E-state index is -0.0948.